The van der Waals surface area contributed by atoms with Crippen molar-refractivity contribution in [3.05, 3.63) is 29.8 Å². The number of thiocarbonyl (C=S) groups is 1. The van der Waals surface area contributed by atoms with Gasteiger partial charge in [-0.15, -0.1) is 0 Å². The molecule has 0 fully saturated rings. The smallest absolute Gasteiger partial charge is 0.413 e. The minimum Gasteiger partial charge on any atom is -0.480 e. The maximum atomic E-state index is 11.8. The average molecular weight is 367 g/mol. The lowest BCUT2D eigenvalue weighted by Gasteiger charge is -2.14. The van der Waals surface area contributed by atoms with E-state index in [1.54, 1.807) is 12.1 Å². The number of carbonyl (C=O) groups excluding carboxylic acids is 1. The van der Waals surface area contributed by atoms with E-state index in [1.807, 2.05) is 0 Å². The van der Waals surface area contributed by atoms with Crippen molar-refractivity contribution in [1.82, 2.24) is 10.6 Å². The van der Waals surface area contributed by atoms with Gasteiger partial charge >= 0.3 is 12.1 Å². The molecule has 0 saturated heterocycles. The molecule has 1 unspecified atom stereocenters. The zero-order valence-corrected chi connectivity index (χ0v) is 14.5. The molecule has 25 heavy (non-hydrogen) atoms. The quantitative estimate of drug-likeness (QED) is 0.189. The molecule has 0 aliphatic carbocycles. The van der Waals surface area contributed by atoms with E-state index in [9.17, 15) is 14.7 Å². The largest absolute Gasteiger partial charge is 0.480 e. The summed E-state index contributed by atoms with van der Waals surface area (Å²) in [6.07, 6.45) is -0.191. The molecule has 1 amide bonds. The first-order chi connectivity index (χ1) is 11.8. The fourth-order valence-electron chi connectivity index (χ4n) is 1.83. The number of guanidine groups is 1. The van der Waals surface area contributed by atoms with Gasteiger partial charge in [0, 0.05) is 19.2 Å². The summed E-state index contributed by atoms with van der Waals surface area (Å²) in [4.78, 5) is 27.0. The summed E-state index contributed by atoms with van der Waals surface area (Å²) in [6, 6.07) is 5.15. The third kappa shape index (κ3) is 7.48. The molecule has 136 valence electrons. The first-order valence-electron chi connectivity index (χ1n) is 7.40. The number of ether oxygens (including phenoxy) is 1. The summed E-state index contributed by atoms with van der Waals surface area (Å²) in [7, 11) is 1.54. The van der Waals surface area contributed by atoms with Crippen LogP contribution in [0.25, 0.3) is 0 Å². The van der Waals surface area contributed by atoms with Gasteiger partial charge in [-0.1, -0.05) is 12.2 Å². The summed E-state index contributed by atoms with van der Waals surface area (Å²) >= 11 is 4.83. The average Bonchev–Trinajstić information content (AvgIpc) is 2.57. The highest BCUT2D eigenvalue weighted by molar-refractivity contribution is 7.80. The van der Waals surface area contributed by atoms with Gasteiger partial charge in [-0.3, -0.25) is 4.99 Å². The van der Waals surface area contributed by atoms with Gasteiger partial charge in [0.15, 0.2) is 5.96 Å². The third-order valence-corrected chi connectivity index (χ3v) is 3.39. The molecule has 1 aromatic rings. The molecule has 0 aromatic heterocycles. The van der Waals surface area contributed by atoms with Crippen molar-refractivity contribution in [1.29, 1.82) is 0 Å². The standard InChI is InChI=1S/C15H21N5O4S/c1-18-14(17)19-8-2-3-11(13(21)22)20-15(23)24-10-6-4-9(5-7-10)12(16)25/h4-7,11H,2-3,8H2,1H3,(H2,16,25)(H,20,23)(H,21,22)(H3,17,18,19). The van der Waals surface area contributed by atoms with Crippen molar-refractivity contribution in [2.24, 2.45) is 16.5 Å². The number of aliphatic imine (C=N–C) groups is 1. The Morgan fingerprint density at radius 2 is 1.96 bits per heavy atom. The minimum atomic E-state index is -1.15. The Kier molecular flexibility index (Phi) is 8.13. The Morgan fingerprint density at radius 1 is 1.32 bits per heavy atom. The van der Waals surface area contributed by atoms with E-state index in [-0.39, 0.29) is 23.1 Å². The number of nitrogens with two attached hydrogens (primary N) is 2. The molecule has 1 rings (SSSR count). The predicted octanol–water partition coefficient (Wildman–Crippen LogP) is 0.177. The molecular formula is C15H21N5O4S. The maximum Gasteiger partial charge on any atom is 0.413 e. The van der Waals surface area contributed by atoms with Crippen molar-refractivity contribution in [3.8, 4) is 5.75 Å². The van der Waals surface area contributed by atoms with Gasteiger partial charge in [0.05, 0.1) is 0 Å². The maximum absolute atomic E-state index is 11.8. The van der Waals surface area contributed by atoms with Crippen LogP contribution in [0.15, 0.2) is 29.3 Å². The van der Waals surface area contributed by atoms with E-state index in [0.29, 0.717) is 18.5 Å². The molecule has 0 bridgehead atoms. The van der Waals surface area contributed by atoms with Crippen LogP contribution in [0.3, 0.4) is 0 Å². The van der Waals surface area contributed by atoms with Gasteiger partial charge in [0.25, 0.3) is 0 Å². The van der Waals surface area contributed by atoms with Crippen LogP contribution in [0.1, 0.15) is 18.4 Å². The summed E-state index contributed by atoms with van der Waals surface area (Å²) in [5.74, 6) is -0.646. The minimum absolute atomic E-state index is 0.203. The second-order valence-corrected chi connectivity index (χ2v) is 5.43. The van der Waals surface area contributed by atoms with Gasteiger partial charge in [0.1, 0.15) is 16.8 Å². The zero-order valence-electron chi connectivity index (χ0n) is 13.7. The zero-order chi connectivity index (χ0) is 18.8. The number of carboxylic acid groups (broad SMARTS) is 1. The summed E-state index contributed by atoms with van der Waals surface area (Å²) in [5.41, 5.74) is 11.6. The van der Waals surface area contributed by atoms with Crippen LogP contribution in [0.4, 0.5) is 4.79 Å². The fourth-order valence-corrected chi connectivity index (χ4v) is 1.96. The number of nitrogens with zero attached hydrogens (tertiary/aromatic N) is 1. The van der Waals surface area contributed by atoms with Gasteiger partial charge in [-0.05, 0) is 37.1 Å². The number of amides is 1. The molecule has 0 aliphatic rings. The van der Waals surface area contributed by atoms with E-state index >= 15 is 0 Å². The molecule has 1 aromatic carbocycles. The Hall–Kier alpha value is -2.88. The van der Waals surface area contributed by atoms with E-state index < -0.39 is 18.1 Å². The Bertz CT molecular complexity index is 648. The molecule has 0 saturated carbocycles. The highest BCUT2D eigenvalue weighted by atomic mass is 32.1. The van der Waals surface area contributed by atoms with Crippen LogP contribution in [0, 0.1) is 0 Å². The Morgan fingerprint density at radius 3 is 2.48 bits per heavy atom. The number of carboxylic acids is 1. The highest BCUT2D eigenvalue weighted by Crippen LogP contribution is 2.12. The molecule has 0 aliphatic heterocycles. The highest BCUT2D eigenvalue weighted by Gasteiger charge is 2.20. The van der Waals surface area contributed by atoms with Gasteiger partial charge in [-0.25, -0.2) is 9.59 Å². The van der Waals surface area contributed by atoms with Crippen molar-refractivity contribution < 1.29 is 19.4 Å². The van der Waals surface area contributed by atoms with Crippen molar-refractivity contribution in [2.75, 3.05) is 13.6 Å². The second kappa shape index (κ2) is 10.1. The Balaban J connectivity index is 2.50. The van der Waals surface area contributed by atoms with Crippen molar-refractivity contribution in [3.63, 3.8) is 0 Å². The summed E-state index contributed by atoms with van der Waals surface area (Å²) < 4.78 is 5.04. The number of hydrogen-bond donors (Lipinski definition) is 5. The third-order valence-electron chi connectivity index (χ3n) is 3.16. The number of hydrogen-bond acceptors (Lipinski definition) is 5. The topological polar surface area (TPSA) is 152 Å². The van der Waals surface area contributed by atoms with Crippen molar-refractivity contribution in [2.45, 2.75) is 18.9 Å². The number of aliphatic carboxylic acids is 1. The summed E-state index contributed by atoms with van der Waals surface area (Å²) in [5, 5.41) is 14.3. The molecule has 1 atom stereocenters. The van der Waals surface area contributed by atoms with E-state index in [4.69, 9.17) is 28.4 Å². The van der Waals surface area contributed by atoms with Crippen LogP contribution < -0.4 is 26.8 Å². The number of nitrogens with one attached hydrogen (secondary N) is 2. The monoisotopic (exact) mass is 367 g/mol. The van der Waals surface area contributed by atoms with E-state index in [2.05, 4.69) is 15.6 Å². The normalized spacial score (nSPS) is 12.1. The lowest BCUT2D eigenvalue weighted by atomic mass is 10.1. The number of carbonyl (C=O) groups is 2. The lowest BCUT2D eigenvalue weighted by molar-refractivity contribution is -0.139. The summed E-state index contributed by atoms with van der Waals surface area (Å²) in [6.45, 7) is 0.435. The van der Waals surface area contributed by atoms with E-state index in [1.165, 1.54) is 19.2 Å². The van der Waals surface area contributed by atoms with Crippen LogP contribution in [0.2, 0.25) is 0 Å². The van der Waals surface area contributed by atoms with Crippen LogP contribution in [0.5, 0.6) is 5.75 Å². The molecular weight excluding hydrogens is 346 g/mol. The van der Waals surface area contributed by atoms with Gasteiger partial charge < -0.3 is 31.9 Å². The number of rotatable bonds is 8. The van der Waals surface area contributed by atoms with Gasteiger partial charge in [0.2, 0.25) is 0 Å². The first kappa shape index (κ1) is 20.2. The molecule has 0 radical (unpaired) electrons. The molecule has 10 heteroatoms. The molecule has 9 nitrogen and oxygen atoms in total. The predicted molar refractivity (Wildman–Crippen MR) is 97.7 cm³/mol. The molecule has 0 spiro atoms. The number of benzene rings is 1. The first-order valence-corrected chi connectivity index (χ1v) is 7.81. The van der Waals surface area contributed by atoms with Crippen molar-refractivity contribution >= 4 is 35.2 Å². The van der Waals surface area contributed by atoms with Crippen LogP contribution in [-0.4, -0.2) is 47.8 Å². The molecule has 7 N–H and O–H groups in total. The van der Waals surface area contributed by atoms with Gasteiger partial charge in [-0.2, -0.15) is 0 Å². The Labute approximate surface area is 150 Å². The van der Waals surface area contributed by atoms with Crippen LogP contribution in [-0.2, 0) is 4.79 Å². The SMILES string of the molecule is CN=C(N)NCCCC(NC(=O)Oc1ccc(C(N)=S)cc1)C(=O)O. The fraction of sp³-hybridized carbons (Fsp3) is 0.333. The lowest BCUT2D eigenvalue weighted by Crippen LogP contribution is -2.43. The van der Waals surface area contributed by atoms with Crippen LogP contribution >= 0.6 is 12.2 Å². The molecule has 0 heterocycles. The van der Waals surface area contributed by atoms with E-state index in [0.717, 1.165) is 0 Å². The second-order valence-electron chi connectivity index (χ2n) is 4.99.